The second-order valence-corrected chi connectivity index (χ2v) is 5.64. The average molecular weight is 294 g/mol. The number of hydrogen-bond acceptors (Lipinski definition) is 6. The van der Waals surface area contributed by atoms with Crippen molar-refractivity contribution >= 4 is 0 Å². The molecule has 0 saturated carbocycles. The molecule has 0 aromatic carbocycles. The van der Waals surface area contributed by atoms with E-state index < -0.39 is 5.79 Å². The smallest absolute Gasteiger partial charge is 0.163 e. The van der Waals surface area contributed by atoms with Crippen LogP contribution in [0.25, 0.3) is 0 Å². The molecule has 0 aliphatic rings. The van der Waals surface area contributed by atoms with Crippen LogP contribution in [-0.4, -0.2) is 35.8 Å². The first-order valence-electron chi connectivity index (χ1n) is 6.89. The van der Waals surface area contributed by atoms with Crippen molar-refractivity contribution < 1.29 is 9.47 Å². The first-order chi connectivity index (χ1) is 9.85. The van der Waals surface area contributed by atoms with E-state index in [0.717, 1.165) is 11.4 Å². The third-order valence-corrected chi connectivity index (χ3v) is 2.87. The van der Waals surface area contributed by atoms with Crippen LogP contribution in [0.5, 0.6) is 0 Å². The molecule has 8 nitrogen and oxygen atoms in total. The van der Waals surface area contributed by atoms with Gasteiger partial charge in [-0.05, 0) is 27.7 Å². The Morgan fingerprint density at radius 1 is 1.05 bits per heavy atom. The Morgan fingerprint density at radius 2 is 1.62 bits per heavy atom. The Bertz CT molecular complexity index is 575. The lowest BCUT2D eigenvalue weighted by atomic mass is 10.3. The fourth-order valence-electron chi connectivity index (χ4n) is 1.63. The van der Waals surface area contributed by atoms with Gasteiger partial charge >= 0.3 is 0 Å². The second kappa shape index (κ2) is 6.31. The van der Waals surface area contributed by atoms with Crippen LogP contribution in [0.4, 0.5) is 0 Å². The van der Waals surface area contributed by atoms with Crippen molar-refractivity contribution in [3.8, 4) is 0 Å². The third kappa shape index (κ3) is 4.61. The Balaban J connectivity index is 1.82. The Morgan fingerprint density at radius 3 is 2.10 bits per heavy atom. The summed E-state index contributed by atoms with van der Waals surface area (Å²) in [6.45, 7) is 8.51. The van der Waals surface area contributed by atoms with Gasteiger partial charge in [-0.25, -0.2) is 4.68 Å². The van der Waals surface area contributed by atoms with Gasteiger partial charge in [-0.1, -0.05) is 10.4 Å². The van der Waals surface area contributed by atoms with E-state index in [1.54, 1.807) is 9.36 Å². The summed E-state index contributed by atoms with van der Waals surface area (Å²) in [6.07, 6.45) is 3.69. The largest absolute Gasteiger partial charge is 0.344 e. The Labute approximate surface area is 124 Å². The van der Waals surface area contributed by atoms with Crippen molar-refractivity contribution in [3.05, 3.63) is 23.8 Å². The molecular weight excluding hydrogens is 272 g/mol. The summed E-state index contributed by atoms with van der Waals surface area (Å²) >= 11 is 0. The van der Waals surface area contributed by atoms with Gasteiger partial charge in [0.2, 0.25) is 0 Å². The van der Waals surface area contributed by atoms with Crippen LogP contribution in [0.2, 0.25) is 0 Å². The second-order valence-electron chi connectivity index (χ2n) is 5.64. The maximum atomic E-state index is 5.74. The predicted molar refractivity (Wildman–Crippen MR) is 75.1 cm³/mol. The molecule has 2 heterocycles. The highest BCUT2D eigenvalue weighted by atomic mass is 16.7. The molecular formula is C13H22N6O2. The standard InChI is InChI=1S/C13H22N6O2/c1-10(2)19-7-12(15-17-19)9-21-13(3,4)20-8-11-6-18(5)16-14-11/h6-7,10H,8-9H2,1-5H3. The summed E-state index contributed by atoms with van der Waals surface area (Å²) < 4.78 is 14.9. The van der Waals surface area contributed by atoms with Crippen LogP contribution < -0.4 is 0 Å². The molecule has 0 N–H and O–H groups in total. The van der Waals surface area contributed by atoms with Gasteiger partial charge in [0.05, 0.1) is 25.6 Å². The van der Waals surface area contributed by atoms with Gasteiger partial charge < -0.3 is 9.47 Å². The van der Waals surface area contributed by atoms with Crippen LogP contribution in [-0.2, 0) is 29.7 Å². The highest BCUT2D eigenvalue weighted by Crippen LogP contribution is 2.16. The fourth-order valence-corrected chi connectivity index (χ4v) is 1.63. The number of aryl methyl sites for hydroxylation is 1. The fraction of sp³-hybridized carbons (Fsp3) is 0.692. The lowest BCUT2D eigenvalue weighted by molar-refractivity contribution is -0.227. The molecule has 0 unspecified atom stereocenters. The summed E-state index contributed by atoms with van der Waals surface area (Å²) in [5.41, 5.74) is 1.54. The van der Waals surface area contributed by atoms with Crippen molar-refractivity contribution in [2.45, 2.75) is 52.7 Å². The quantitative estimate of drug-likeness (QED) is 0.719. The Hall–Kier alpha value is -1.80. The topological polar surface area (TPSA) is 79.9 Å². The van der Waals surface area contributed by atoms with E-state index in [-0.39, 0.29) is 6.04 Å². The van der Waals surface area contributed by atoms with Crippen molar-refractivity contribution in [2.24, 2.45) is 7.05 Å². The minimum atomic E-state index is -0.737. The van der Waals surface area contributed by atoms with Gasteiger partial charge in [0.1, 0.15) is 11.4 Å². The van der Waals surface area contributed by atoms with Crippen molar-refractivity contribution in [2.75, 3.05) is 0 Å². The molecule has 21 heavy (non-hydrogen) atoms. The predicted octanol–water partition coefficient (Wildman–Crippen LogP) is 1.46. The molecule has 0 atom stereocenters. The maximum absolute atomic E-state index is 5.74. The minimum absolute atomic E-state index is 0.284. The van der Waals surface area contributed by atoms with Crippen LogP contribution >= 0.6 is 0 Å². The van der Waals surface area contributed by atoms with E-state index in [4.69, 9.17) is 9.47 Å². The van der Waals surface area contributed by atoms with Crippen molar-refractivity contribution in [1.82, 2.24) is 30.0 Å². The summed E-state index contributed by atoms with van der Waals surface area (Å²) in [6, 6.07) is 0.284. The average Bonchev–Trinajstić information content (AvgIpc) is 3.03. The number of ether oxygens (including phenoxy) is 2. The molecule has 0 aliphatic carbocycles. The first kappa shape index (κ1) is 15.6. The van der Waals surface area contributed by atoms with Gasteiger partial charge in [0, 0.05) is 13.1 Å². The molecule has 2 rings (SSSR count). The highest BCUT2D eigenvalue weighted by Gasteiger charge is 2.20. The van der Waals surface area contributed by atoms with E-state index in [9.17, 15) is 0 Å². The van der Waals surface area contributed by atoms with Crippen molar-refractivity contribution in [3.63, 3.8) is 0 Å². The first-order valence-corrected chi connectivity index (χ1v) is 6.89. The molecule has 116 valence electrons. The minimum Gasteiger partial charge on any atom is -0.344 e. The van der Waals surface area contributed by atoms with Gasteiger partial charge in [0.15, 0.2) is 5.79 Å². The van der Waals surface area contributed by atoms with E-state index >= 15 is 0 Å². The lowest BCUT2D eigenvalue weighted by Crippen LogP contribution is -2.28. The van der Waals surface area contributed by atoms with Gasteiger partial charge in [-0.3, -0.25) is 4.68 Å². The van der Waals surface area contributed by atoms with E-state index in [1.165, 1.54) is 0 Å². The van der Waals surface area contributed by atoms with E-state index in [2.05, 4.69) is 20.6 Å². The summed E-state index contributed by atoms with van der Waals surface area (Å²) in [4.78, 5) is 0. The van der Waals surface area contributed by atoms with E-state index in [1.807, 2.05) is 47.1 Å². The van der Waals surface area contributed by atoms with Crippen LogP contribution in [0.1, 0.15) is 45.1 Å². The third-order valence-electron chi connectivity index (χ3n) is 2.87. The molecule has 0 bridgehead atoms. The van der Waals surface area contributed by atoms with Crippen LogP contribution in [0, 0.1) is 0 Å². The van der Waals surface area contributed by atoms with E-state index in [0.29, 0.717) is 13.2 Å². The monoisotopic (exact) mass is 294 g/mol. The summed E-state index contributed by atoms with van der Waals surface area (Å²) in [5.74, 6) is -0.737. The molecule has 0 fully saturated rings. The molecule has 0 aliphatic heterocycles. The van der Waals surface area contributed by atoms with Crippen molar-refractivity contribution in [1.29, 1.82) is 0 Å². The van der Waals surface area contributed by atoms with Crippen LogP contribution in [0.3, 0.4) is 0 Å². The number of nitrogens with zero attached hydrogens (tertiary/aromatic N) is 6. The molecule has 0 radical (unpaired) electrons. The maximum Gasteiger partial charge on any atom is 0.163 e. The normalized spacial score (nSPS) is 12.3. The number of aromatic nitrogens is 6. The molecule has 2 aromatic heterocycles. The summed E-state index contributed by atoms with van der Waals surface area (Å²) in [5, 5.41) is 15.9. The molecule has 2 aromatic rings. The molecule has 0 amide bonds. The molecule has 8 heteroatoms. The summed E-state index contributed by atoms with van der Waals surface area (Å²) in [7, 11) is 1.82. The number of hydrogen-bond donors (Lipinski definition) is 0. The van der Waals surface area contributed by atoms with Gasteiger partial charge in [-0.15, -0.1) is 10.2 Å². The lowest BCUT2D eigenvalue weighted by Gasteiger charge is -2.24. The zero-order chi connectivity index (χ0) is 15.5. The Kier molecular flexibility index (Phi) is 4.69. The number of rotatable bonds is 7. The SMILES string of the molecule is CC(C)n1cc(COC(C)(C)OCc2cn(C)nn2)nn1. The zero-order valence-electron chi connectivity index (χ0n) is 13.1. The van der Waals surface area contributed by atoms with Gasteiger partial charge in [-0.2, -0.15) is 0 Å². The molecule has 0 spiro atoms. The highest BCUT2D eigenvalue weighted by molar-refractivity contribution is 4.91. The zero-order valence-corrected chi connectivity index (χ0v) is 13.1. The molecule has 0 saturated heterocycles. The van der Waals surface area contributed by atoms with Crippen LogP contribution in [0.15, 0.2) is 12.4 Å². The van der Waals surface area contributed by atoms with Gasteiger partial charge in [0.25, 0.3) is 0 Å².